The van der Waals surface area contributed by atoms with E-state index in [1.165, 1.54) is 11.1 Å². The molecule has 0 radical (unpaired) electrons. The summed E-state index contributed by atoms with van der Waals surface area (Å²) in [4.78, 5) is 0. The third-order valence-electron chi connectivity index (χ3n) is 3.26. The highest BCUT2D eigenvalue weighted by molar-refractivity contribution is 5.85. The van der Waals surface area contributed by atoms with Gasteiger partial charge in [-0.2, -0.15) is 10.2 Å². The zero-order chi connectivity index (χ0) is 14.0. The van der Waals surface area contributed by atoms with E-state index < -0.39 is 0 Å². The lowest BCUT2D eigenvalue weighted by atomic mass is 10.2. The smallest absolute Gasteiger partial charge is 0.151 e. The van der Waals surface area contributed by atoms with Crippen molar-refractivity contribution in [3.05, 3.63) is 29.2 Å². The van der Waals surface area contributed by atoms with Gasteiger partial charge in [-0.05, 0) is 34.6 Å². The molecule has 0 aliphatic carbocycles. The van der Waals surface area contributed by atoms with Crippen LogP contribution < -0.4 is 5.32 Å². The Kier molecular flexibility index (Phi) is 5.62. The topological polar surface area (TPSA) is 47.7 Å². The van der Waals surface area contributed by atoms with Gasteiger partial charge in [0, 0.05) is 42.7 Å². The SMILES string of the molecule is CCn1cc(CNc2nn(C(C)C)cc2C)c(C)n1.Cl. The highest BCUT2D eigenvalue weighted by Gasteiger charge is 2.09. The van der Waals surface area contributed by atoms with Crippen molar-refractivity contribution in [3.63, 3.8) is 0 Å². The first-order valence-corrected chi connectivity index (χ1v) is 6.83. The largest absolute Gasteiger partial charge is 0.364 e. The summed E-state index contributed by atoms with van der Waals surface area (Å²) in [5.74, 6) is 0.956. The molecule has 0 saturated heterocycles. The molecule has 0 saturated carbocycles. The lowest BCUT2D eigenvalue weighted by Crippen LogP contribution is -2.04. The first kappa shape index (κ1) is 16.6. The van der Waals surface area contributed by atoms with Crippen LogP contribution in [-0.2, 0) is 13.1 Å². The van der Waals surface area contributed by atoms with Crippen LogP contribution >= 0.6 is 12.4 Å². The van der Waals surface area contributed by atoms with Gasteiger partial charge >= 0.3 is 0 Å². The van der Waals surface area contributed by atoms with Crippen molar-refractivity contribution in [1.82, 2.24) is 19.6 Å². The van der Waals surface area contributed by atoms with Crippen molar-refractivity contribution in [2.45, 2.75) is 53.8 Å². The molecule has 0 spiro atoms. The van der Waals surface area contributed by atoms with Crippen molar-refractivity contribution in [2.24, 2.45) is 0 Å². The molecule has 0 aromatic carbocycles. The molecule has 0 fully saturated rings. The van der Waals surface area contributed by atoms with Gasteiger partial charge in [0.25, 0.3) is 0 Å². The number of anilines is 1. The van der Waals surface area contributed by atoms with Crippen LogP contribution in [0.4, 0.5) is 5.82 Å². The normalized spacial score (nSPS) is 10.7. The van der Waals surface area contributed by atoms with E-state index in [0.717, 1.165) is 24.6 Å². The Bertz CT molecular complexity index is 556. The Balaban J connectivity index is 0.00000200. The summed E-state index contributed by atoms with van der Waals surface area (Å²) in [7, 11) is 0. The van der Waals surface area contributed by atoms with E-state index >= 15 is 0 Å². The summed E-state index contributed by atoms with van der Waals surface area (Å²) in [6.07, 6.45) is 4.17. The summed E-state index contributed by atoms with van der Waals surface area (Å²) in [6, 6.07) is 0.388. The average Bonchev–Trinajstić information content (AvgIpc) is 2.90. The minimum absolute atomic E-state index is 0. The lowest BCUT2D eigenvalue weighted by molar-refractivity contribution is 0.533. The van der Waals surface area contributed by atoms with Crippen molar-refractivity contribution in [3.8, 4) is 0 Å². The molecule has 112 valence electrons. The van der Waals surface area contributed by atoms with Crippen molar-refractivity contribution in [1.29, 1.82) is 0 Å². The Labute approximate surface area is 126 Å². The Morgan fingerprint density at radius 3 is 2.40 bits per heavy atom. The minimum atomic E-state index is 0. The Hall–Kier alpha value is -1.49. The molecule has 2 rings (SSSR count). The predicted octanol–water partition coefficient (Wildman–Crippen LogP) is 3.33. The molecule has 0 bridgehead atoms. The first-order valence-electron chi connectivity index (χ1n) is 6.83. The monoisotopic (exact) mass is 297 g/mol. The van der Waals surface area contributed by atoms with E-state index in [1.54, 1.807) is 0 Å². The maximum Gasteiger partial charge on any atom is 0.151 e. The molecule has 0 aliphatic heterocycles. The van der Waals surface area contributed by atoms with E-state index in [4.69, 9.17) is 0 Å². The van der Waals surface area contributed by atoms with Crippen LogP contribution in [0.15, 0.2) is 12.4 Å². The van der Waals surface area contributed by atoms with Gasteiger partial charge in [-0.3, -0.25) is 9.36 Å². The fourth-order valence-corrected chi connectivity index (χ4v) is 2.00. The summed E-state index contributed by atoms with van der Waals surface area (Å²) >= 11 is 0. The van der Waals surface area contributed by atoms with Gasteiger partial charge in [0.05, 0.1) is 5.69 Å². The molecule has 0 amide bonds. The number of hydrogen-bond donors (Lipinski definition) is 1. The van der Waals surface area contributed by atoms with Gasteiger partial charge in [-0.25, -0.2) is 0 Å². The zero-order valence-corrected chi connectivity index (χ0v) is 13.7. The number of aryl methyl sites for hydroxylation is 3. The molecule has 2 heterocycles. The molecule has 5 nitrogen and oxygen atoms in total. The highest BCUT2D eigenvalue weighted by atomic mass is 35.5. The summed E-state index contributed by atoms with van der Waals surface area (Å²) in [6.45, 7) is 12.2. The van der Waals surface area contributed by atoms with E-state index in [2.05, 4.69) is 55.6 Å². The second kappa shape index (κ2) is 6.79. The van der Waals surface area contributed by atoms with Crippen LogP contribution in [-0.4, -0.2) is 19.6 Å². The number of hydrogen-bond acceptors (Lipinski definition) is 3. The standard InChI is InChI=1S/C14H23N5.ClH/c1-6-18-9-13(12(5)16-18)7-15-14-11(4)8-19(17-14)10(2)3;/h8-10H,6-7H2,1-5H3,(H,15,17);1H. The number of nitrogens with one attached hydrogen (secondary N) is 1. The summed E-state index contributed by atoms with van der Waals surface area (Å²) in [5.41, 5.74) is 3.48. The van der Waals surface area contributed by atoms with Gasteiger partial charge in [-0.15, -0.1) is 12.4 Å². The Morgan fingerprint density at radius 1 is 1.20 bits per heavy atom. The van der Waals surface area contributed by atoms with E-state index in [1.807, 2.05) is 16.3 Å². The maximum absolute atomic E-state index is 4.56. The van der Waals surface area contributed by atoms with Crippen molar-refractivity contribution >= 4 is 18.2 Å². The van der Waals surface area contributed by atoms with E-state index in [0.29, 0.717) is 6.04 Å². The van der Waals surface area contributed by atoms with Crippen molar-refractivity contribution < 1.29 is 0 Å². The van der Waals surface area contributed by atoms with Crippen LogP contribution in [0, 0.1) is 13.8 Å². The number of nitrogens with zero attached hydrogens (tertiary/aromatic N) is 4. The van der Waals surface area contributed by atoms with Gasteiger partial charge < -0.3 is 5.32 Å². The molecular weight excluding hydrogens is 274 g/mol. The fraction of sp³-hybridized carbons (Fsp3) is 0.571. The Morgan fingerprint density at radius 2 is 1.90 bits per heavy atom. The van der Waals surface area contributed by atoms with Crippen LogP contribution in [0.3, 0.4) is 0 Å². The van der Waals surface area contributed by atoms with E-state index in [-0.39, 0.29) is 12.4 Å². The molecular formula is C14H24ClN5. The third-order valence-corrected chi connectivity index (χ3v) is 3.26. The number of rotatable bonds is 5. The third kappa shape index (κ3) is 3.54. The molecule has 0 atom stereocenters. The maximum atomic E-state index is 4.56. The van der Waals surface area contributed by atoms with Crippen LogP contribution in [0.1, 0.15) is 43.6 Å². The van der Waals surface area contributed by atoms with Gasteiger partial charge in [0.15, 0.2) is 5.82 Å². The second-order valence-corrected chi connectivity index (χ2v) is 5.18. The van der Waals surface area contributed by atoms with Crippen LogP contribution in [0.25, 0.3) is 0 Å². The predicted molar refractivity (Wildman–Crippen MR) is 84.6 cm³/mol. The lowest BCUT2D eigenvalue weighted by Gasteiger charge is -2.05. The fourth-order valence-electron chi connectivity index (χ4n) is 2.00. The van der Waals surface area contributed by atoms with Gasteiger partial charge in [-0.1, -0.05) is 0 Å². The van der Waals surface area contributed by atoms with Gasteiger partial charge in [0.2, 0.25) is 0 Å². The zero-order valence-electron chi connectivity index (χ0n) is 12.8. The molecule has 6 heteroatoms. The van der Waals surface area contributed by atoms with Crippen LogP contribution in [0.2, 0.25) is 0 Å². The van der Waals surface area contributed by atoms with Crippen molar-refractivity contribution in [2.75, 3.05) is 5.32 Å². The van der Waals surface area contributed by atoms with Gasteiger partial charge in [0.1, 0.15) is 0 Å². The summed E-state index contributed by atoms with van der Waals surface area (Å²) < 4.78 is 3.95. The molecule has 0 unspecified atom stereocenters. The first-order chi connectivity index (χ1) is 9.01. The molecule has 2 aromatic rings. The molecule has 20 heavy (non-hydrogen) atoms. The number of halogens is 1. The second-order valence-electron chi connectivity index (χ2n) is 5.18. The summed E-state index contributed by atoms with van der Waals surface area (Å²) in [5, 5.41) is 12.4. The minimum Gasteiger partial charge on any atom is -0.364 e. The van der Waals surface area contributed by atoms with Crippen LogP contribution in [0.5, 0.6) is 0 Å². The van der Waals surface area contributed by atoms with E-state index in [9.17, 15) is 0 Å². The quantitative estimate of drug-likeness (QED) is 0.921. The molecule has 0 aliphatic rings. The molecule has 2 aromatic heterocycles. The highest BCUT2D eigenvalue weighted by Crippen LogP contribution is 2.16. The average molecular weight is 298 g/mol. The molecule has 1 N–H and O–H groups in total. The number of aromatic nitrogens is 4.